The first kappa shape index (κ1) is 12.5. The Kier molecular flexibility index (Phi) is 5.69. The quantitative estimate of drug-likeness (QED) is 0.630. The number of amides is 1. The smallest absolute Gasteiger partial charge is 0.225 e. The highest BCUT2D eigenvalue weighted by molar-refractivity contribution is 5.80. The van der Waals surface area contributed by atoms with E-state index in [9.17, 15) is 4.79 Å². The van der Waals surface area contributed by atoms with E-state index < -0.39 is 0 Å². The van der Waals surface area contributed by atoms with Gasteiger partial charge in [-0.3, -0.25) is 4.79 Å². The largest absolute Gasteiger partial charge is 0.353 e. The Morgan fingerprint density at radius 1 is 1.40 bits per heavy atom. The van der Waals surface area contributed by atoms with Gasteiger partial charge in [0.2, 0.25) is 5.91 Å². The summed E-state index contributed by atoms with van der Waals surface area (Å²) in [6.45, 7) is 6.04. The van der Waals surface area contributed by atoms with Gasteiger partial charge in [0, 0.05) is 19.1 Å². The average Bonchev–Trinajstić information content (AvgIpc) is 2.09. The van der Waals surface area contributed by atoms with Crippen LogP contribution in [0.15, 0.2) is 0 Å². The Morgan fingerprint density at radius 2 is 2.13 bits per heavy atom. The SMILES string of the molecule is CCCCCCC(C)NC(=O)C1CNC1. The van der Waals surface area contributed by atoms with Crippen molar-refractivity contribution in [3.05, 3.63) is 0 Å². The fourth-order valence-electron chi connectivity index (χ4n) is 1.78. The van der Waals surface area contributed by atoms with Crippen LogP contribution >= 0.6 is 0 Å². The molecule has 1 unspecified atom stereocenters. The van der Waals surface area contributed by atoms with Crippen LogP contribution in [-0.2, 0) is 4.79 Å². The van der Waals surface area contributed by atoms with E-state index in [-0.39, 0.29) is 11.8 Å². The maximum atomic E-state index is 11.6. The van der Waals surface area contributed by atoms with Gasteiger partial charge < -0.3 is 10.6 Å². The van der Waals surface area contributed by atoms with Crippen molar-refractivity contribution in [2.24, 2.45) is 5.92 Å². The number of rotatable bonds is 7. The fourth-order valence-corrected chi connectivity index (χ4v) is 1.78. The molecule has 0 saturated carbocycles. The van der Waals surface area contributed by atoms with Crippen LogP contribution < -0.4 is 10.6 Å². The van der Waals surface area contributed by atoms with Crippen LogP contribution in [0.25, 0.3) is 0 Å². The van der Waals surface area contributed by atoms with Crippen LogP contribution in [0.1, 0.15) is 46.0 Å². The zero-order chi connectivity index (χ0) is 11.1. The van der Waals surface area contributed by atoms with E-state index in [1.807, 2.05) is 0 Å². The molecular weight excluding hydrogens is 188 g/mol. The lowest BCUT2D eigenvalue weighted by Crippen LogP contribution is -2.52. The lowest BCUT2D eigenvalue weighted by molar-refractivity contribution is -0.127. The first-order chi connectivity index (χ1) is 7.24. The van der Waals surface area contributed by atoms with Gasteiger partial charge in [-0.1, -0.05) is 32.6 Å². The van der Waals surface area contributed by atoms with E-state index in [2.05, 4.69) is 24.5 Å². The van der Waals surface area contributed by atoms with E-state index in [1.165, 1.54) is 25.7 Å². The second-order valence-corrected chi connectivity index (χ2v) is 4.61. The molecule has 15 heavy (non-hydrogen) atoms. The molecule has 1 fully saturated rings. The van der Waals surface area contributed by atoms with Crippen molar-refractivity contribution in [2.75, 3.05) is 13.1 Å². The van der Waals surface area contributed by atoms with Gasteiger partial charge in [0.1, 0.15) is 0 Å². The zero-order valence-electron chi connectivity index (χ0n) is 10.0. The molecule has 1 amide bonds. The van der Waals surface area contributed by atoms with Gasteiger partial charge in [-0.05, 0) is 13.3 Å². The minimum absolute atomic E-state index is 0.225. The molecule has 2 N–H and O–H groups in total. The molecule has 0 bridgehead atoms. The maximum absolute atomic E-state index is 11.6. The molecule has 3 nitrogen and oxygen atoms in total. The maximum Gasteiger partial charge on any atom is 0.225 e. The number of hydrogen-bond acceptors (Lipinski definition) is 2. The topological polar surface area (TPSA) is 41.1 Å². The first-order valence-corrected chi connectivity index (χ1v) is 6.25. The van der Waals surface area contributed by atoms with Crippen molar-refractivity contribution in [1.82, 2.24) is 10.6 Å². The summed E-state index contributed by atoms with van der Waals surface area (Å²) in [5.41, 5.74) is 0. The number of carbonyl (C=O) groups is 1. The van der Waals surface area contributed by atoms with Crippen molar-refractivity contribution in [1.29, 1.82) is 0 Å². The summed E-state index contributed by atoms with van der Waals surface area (Å²) in [7, 11) is 0. The fraction of sp³-hybridized carbons (Fsp3) is 0.917. The van der Waals surface area contributed by atoms with Gasteiger partial charge in [-0.15, -0.1) is 0 Å². The predicted molar refractivity (Wildman–Crippen MR) is 62.7 cm³/mol. The average molecular weight is 212 g/mol. The van der Waals surface area contributed by atoms with Gasteiger partial charge >= 0.3 is 0 Å². The molecular formula is C12H24N2O. The molecule has 0 aromatic rings. The van der Waals surface area contributed by atoms with Crippen LogP contribution in [0.2, 0.25) is 0 Å². The molecule has 3 heteroatoms. The summed E-state index contributed by atoms with van der Waals surface area (Å²) >= 11 is 0. The third kappa shape index (κ3) is 4.65. The molecule has 0 aliphatic carbocycles. The van der Waals surface area contributed by atoms with Gasteiger partial charge in [0.05, 0.1) is 5.92 Å². The summed E-state index contributed by atoms with van der Waals surface area (Å²) in [5, 5.41) is 6.19. The molecule has 1 aliphatic heterocycles. The van der Waals surface area contributed by atoms with E-state index >= 15 is 0 Å². The molecule has 1 atom stereocenters. The summed E-state index contributed by atoms with van der Waals surface area (Å²) in [4.78, 5) is 11.6. The van der Waals surface area contributed by atoms with Gasteiger partial charge in [0.15, 0.2) is 0 Å². The van der Waals surface area contributed by atoms with Gasteiger partial charge in [-0.2, -0.15) is 0 Å². The van der Waals surface area contributed by atoms with Crippen molar-refractivity contribution in [2.45, 2.75) is 52.0 Å². The predicted octanol–water partition coefficient (Wildman–Crippen LogP) is 1.68. The monoisotopic (exact) mass is 212 g/mol. The normalized spacial score (nSPS) is 18.3. The Balaban J connectivity index is 2.01. The van der Waals surface area contributed by atoms with Crippen molar-refractivity contribution >= 4 is 5.91 Å². The number of unbranched alkanes of at least 4 members (excludes halogenated alkanes) is 3. The van der Waals surface area contributed by atoms with E-state index in [1.54, 1.807) is 0 Å². The first-order valence-electron chi connectivity index (χ1n) is 6.25. The molecule has 1 heterocycles. The molecule has 0 radical (unpaired) electrons. The Morgan fingerprint density at radius 3 is 2.67 bits per heavy atom. The van der Waals surface area contributed by atoms with Crippen LogP contribution in [0.5, 0.6) is 0 Å². The summed E-state index contributed by atoms with van der Waals surface area (Å²) in [6.07, 6.45) is 6.23. The van der Waals surface area contributed by atoms with Crippen LogP contribution in [-0.4, -0.2) is 25.0 Å². The zero-order valence-corrected chi connectivity index (χ0v) is 10.0. The standard InChI is InChI=1S/C12H24N2O/c1-3-4-5-6-7-10(2)14-12(15)11-8-13-9-11/h10-11,13H,3-9H2,1-2H3,(H,14,15). The van der Waals surface area contributed by atoms with Crippen LogP contribution in [0, 0.1) is 5.92 Å². The molecule has 1 saturated heterocycles. The molecule has 1 rings (SSSR count). The highest BCUT2D eigenvalue weighted by atomic mass is 16.2. The second kappa shape index (κ2) is 6.83. The highest BCUT2D eigenvalue weighted by Gasteiger charge is 2.25. The van der Waals surface area contributed by atoms with E-state index in [4.69, 9.17) is 0 Å². The van der Waals surface area contributed by atoms with Crippen molar-refractivity contribution in [3.63, 3.8) is 0 Å². The third-order valence-corrected chi connectivity index (χ3v) is 3.03. The molecule has 0 spiro atoms. The number of hydrogen-bond donors (Lipinski definition) is 2. The highest BCUT2D eigenvalue weighted by Crippen LogP contribution is 2.07. The van der Waals surface area contributed by atoms with Gasteiger partial charge in [0.25, 0.3) is 0 Å². The summed E-state index contributed by atoms with van der Waals surface area (Å²) in [5.74, 6) is 0.458. The summed E-state index contributed by atoms with van der Waals surface area (Å²) in [6, 6.07) is 0.343. The Hall–Kier alpha value is -0.570. The number of nitrogens with one attached hydrogen (secondary N) is 2. The Bertz CT molecular complexity index is 190. The van der Waals surface area contributed by atoms with Crippen molar-refractivity contribution < 1.29 is 4.79 Å². The lowest BCUT2D eigenvalue weighted by Gasteiger charge is -2.27. The lowest BCUT2D eigenvalue weighted by atomic mass is 10.0. The minimum Gasteiger partial charge on any atom is -0.353 e. The van der Waals surface area contributed by atoms with Crippen molar-refractivity contribution in [3.8, 4) is 0 Å². The molecule has 0 aromatic carbocycles. The molecule has 0 aromatic heterocycles. The van der Waals surface area contributed by atoms with E-state index in [0.717, 1.165) is 19.5 Å². The van der Waals surface area contributed by atoms with Crippen LogP contribution in [0.4, 0.5) is 0 Å². The van der Waals surface area contributed by atoms with E-state index in [0.29, 0.717) is 6.04 Å². The molecule has 88 valence electrons. The second-order valence-electron chi connectivity index (χ2n) is 4.61. The minimum atomic E-state index is 0.225. The third-order valence-electron chi connectivity index (χ3n) is 3.03. The van der Waals surface area contributed by atoms with Crippen LogP contribution in [0.3, 0.4) is 0 Å². The molecule has 1 aliphatic rings. The summed E-state index contributed by atoms with van der Waals surface area (Å²) < 4.78 is 0. The number of carbonyl (C=O) groups excluding carboxylic acids is 1. The van der Waals surface area contributed by atoms with Gasteiger partial charge in [-0.25, -0.2) is 0 Å². The Labute approximate surface area is 93.0 Å².